The van der Waals surface area contributed by atoms with E-state index in [1.54, 1.807) is 24.4 Å². The van der Waals surface area contributed by atoms with Gasteiger partial charge in [0.1, 0.15) is 11.3 Å². The van der Waals surface area contributed by atoms with Gasteiger partial charge in [0, 0.05) is 31.8 Å². The molecule has 0 saturated heterocycles. The molecular weight excluding hydrogens is 342 g/mol. The van der Waals surface area contributed by atoms with Gasteiger partial charge in [0.15, 0.2) is 0 Å². The lowest BCUT2D eigenvalue weighted by Gasteiger charge is -2.10. The van der Waals surface area contributed by atoms with Crippen molar-refractivity contribution in [3.8, 4) is 0 Å². The maximum Gasteiger partial charge on any atom is 0.278 e. The van der Waals surface area contributed by atoms with Gasteiger partial charge in [-0.2, -0.15) is 0 Å². The molecule has 2 heterocycles. The molecule has 0 aliphatic rings. The fourth-order valence-electron chi connectivity index (χ4n) is 3.44. The minimum atomic E-state index is -0.378. The van der Waals surface area contributed by atoms with Gasteiger partial charge >= 0.3 is 0 Å². The third-order valence-electron chi connectivity index (χ3n) is 4.66. The van der Waals surface area contributed by atoms with Gasteiger partial charge in [-0.3, -0.25) is 15.1 Å². The number of nitro groups is 1. The molecule has 0 saturated carbocycles. The van der Waals surface area contributed by atoms with Crippen molar-refractivity contribution in [1.29, 1.82) is 0 Å². The van der Waals surface area contributed by atoms with Gasteiger partial charge in [-0.25, -0.2) is 4.98 Å². The Balaban J connectivity index is 1.58. The van der Waals surface area contributed by atoms with E-state index in [0.717, 1.165) is 35.5 Å². The highest BCUT2D eigenvalue weighted by Gasteiger charge is 2.15. The van der Waals surface area contributed by atoms with Crippen LogP contribution < -0.4 is 5.32 Å². The number of pyridine rings is 1. The van der Waals surface area contributed by atoms with Gasteiger partial charge < -0.3 is 9.88 Å². The van der Waals surface area contributed by atoms with Gasteiger partial charge in [-0.05, 0) is 37.3 Å². The highest BCUT2D eigenvalue weighted by atomic mass is 16.6. The molecule has 2 aromatic heterocycles. The molecule has 2 aromatic carbocycles. The number of anilines is 1. The molecule has 0 aliphatic carbocycles. The fraction of sp³-hybridized carbons (Fsp3) is 0.200. The summed E-state index contributed by atoms with van der Waals surface area (Å²) in [5.74, 6) is 1.02. The molecular formula is C20H19N5O2. The van der Waals surface area contributed by atoms with E-state index in [4.69, 9.17) is 4.98 Å². The Morgan fingerprint density at radius 1 is 1.15 bits per heavy atom. The van der Waals surface area contributed by atoms with Crippen LogP contribution in [0.1, 0.15) is 12.7 Å². The van der Waals surface area contributed by atoms with E-state index in [2.05, 4.69) is 27.9 Å². The van der Waals surface area contributed by atoms with Crippen LogP contribution in [0, 0.1) is 10.1 Å². The number of nitro benzene ring substituents is 1. The quantitative estimate of drug-likeness (QED) is 0.411. The van der Waals surface area contributed by atoms with Gasteiger partial charge in [-0.1, -0.05) is 12.1 Å². The first-order valence-electron chi connectivity index (χ1n) is 8.89. The molecule has 0 radical (unpaired) electrons. The lowest BCUT2D eigenvalue weighted by molar-refractivity contribution is -0.383. The maximum atomic E-state index is 11.2. The number of hydrogen-bond donors (Lipinski definition) is 1. The SMILES string of the molecule is CCn1c(CCNc2ccc([N+](=O)[O-])c3cccnc23)nc2ccccc21. The molecule has 0 bridgehead atoms. The Morgan fingerprint density at radius 3 is 2.81 bits per heavy atom. The molecule has 1 N–H and O–H groups in total. The third-order valence-corrected chi connectivity index (χ3v) is 4.66. The molecule has 0 atom stereocenters. The van der Waals surface area contributed by atoms with Crippen molar-refractivity contribution in [3.05, 3.63) is 70.7 Å². The zero-order chi connectivity index (χ0) is 18.8. The summed E-state index contributed by atoms with van der Waals surface area (Å²) >= 11 is 0. The number of fused-ring (bicyclic) bond motifs is 2. The number of rotatable bonds is 6. The number of imidazole rings is 1. The topological polar surface area (TPSA) is 85.9 Å². The minimum Gasteiger partial charge on any atom is -0.383 e. The highest BCUT2D eigenvalue weighted by Crippen LogP contribution is 2.29. The van der Waals surface area contributed by atoms with Crippen LogP contribution in [0.3, 0.4) is 0 Å². The number of nitrogens with one attached hydrogen (secondary N) is 1. The fourth-order valence-corrected chi connectivity index (χ4v) is 3.44. The molecule has 0 spiro atoms. The van der Waals surface area contributed by atoms with Crippen LogP contribution in [0.25, 0.3) is 21.9 Å². The van der Waals surface area contributed by atoms with Crippen LogP contribution in [0.4, 0.5) is 11.4 Å². The van der Waals surface area contributed by atoms with Crippen molar-refractivity contribution in [1.82, 2.24) is 14.5 Å². The molecule has 27 heavy (non-hydrogen) atoms. The Morgan fingerprint density at radius 2 is 2.00 bits per heavy atom. The summed E-state index contributed by atoms with van der Waals surface area (Å²) in [7, 11) is 0. The van der Waals surface area contributed by atoms with Crippen molar-refractivity contribution in [2.45, 2.75) is 19.9 Å². The van der Waals surface area contributed by atoms with Crippen LogP contribution in [-0.2, 0) is 13.0 Å². The van der Waals surface area contributed by atoms with E-state index in [-0.39, 0.29) is 10.6 Å². The van der Waals surface area contributed by atoms with Gasteiger partial charge in [-0.15, -0.1) is 0 Å². The lowest BCUT2D eigenvalue weighted by atomic mass is 10.1. The molecule has 0 unspecified atom stereocenters. The summed E-state index contributed by atoms with van der Waals surface area (Å²) < 4.78 is 2.21. The smallest absolute Gasteiger partial charge is 0.278 e. The van der Waals surface area contributed by atoms with Crippen molar-refractivity contribution in [2.75, 3.05) is 11.9 Å². The molecule has 4 rings (SSSR count). The van der Waals surface area contributed by atoms with Gasteiger partial charge in [0.2, 0.25) is 0 Å². The van der Waals surface area contributed by atoms with E-state index in [9.17, 15) is 10.1 Å². The number of para-hydroxylation sites is 2. The van der Waals surface area contributed by atoms with Crippen molar-refractivity contribution >= 4 is 33.3 Å². The molecule has 7 heteroatoms. The number of aryl methyl sites for hydroxylation is 1. The van der Waals surface area contributed by atoms with E-state index < -0.39 is 0 Å². The van der Waals surface area contributed by atoms with E-state index >= 15 is 0 Å². The first-order valence-corrected chi connectivity index (χ1v) is 8.89. The Bertz CT molecular complexity index is 1140. The second-order valence-electron chi connectivity index (χ2n) is 6.23. The molecule has 4 aromatic rings. The zero-order valence-electron chi connectivity index (χ0n) is 14.9. The van der Waals surface area contributed by atoms with Crippen LogP contribution >= 0.6 is 0 Å². The standard InChI is InChI=1S/C20H19N5O2/c1-2-24-18-8-4-3-7-15(18)23-19(24)11-13-21-16-9-10-17(25(26)27)14-6-5-12-22-20(14)16/h3-10,12,21H,2,11,13H2,1H3. The second-order valence-corrected chi connectivity index (χ2v) is 6.23. The minimum absolute atomic E-state index is 0.0661. The van der Waals surface area contributed by atoms with Crippen molar-refractivity contribution < 1.29 is 4.92 Å². The summed E-state index contributed by atoms with van der Waals surface area (Å²) in [4.78, 5) is 19.9. The second kappa shape index (κ2) is 7.03. The van der Waals surface area contributed by atoms with Gasteiger partial charge in [0.25, 0.3) is 5.69 Å². The molecule has 7 nitrogen and oxygen atoms in total. The first-order chi connectivity index (χ1) is 13.2. The lowest BCUT2D eigenvalue weighted by Crippen LogP contribution is -2.10. The van der Waals surface area contributed by atoms with E-state index in [1.165, 1.54) is 6.07 Å². The maximum absolute atomic E-state index is 11.2. The van der Waals surface area contributed by atoms with Crippen molar-refractivity contribution in [3.63, 3.8) is 0 Å². The Hall–Kier alpha value is -3.48. The Labute approximate surface area is 155 Å². The predicted molar refractivity (Wildman–Crippen MR) is 106 cm³/mol. The number of aromatic nitrogens is 3. The predicted octanol–water partition coefficient (Wildman–Crippen LogP) is 4.17. The summed E-state index contributed by atoms with van der Waals surface area (Å²) in [6.07, 6.45) is 2.39. The highest BCUT2D eigenvalue weighted by molar-refractivity contribution is 5.96. The normalized spacial score (nSPS) is 11.1. The molecule has 136 valence electrons. The number of benzene rings is 2. The van der Waals surface area contributed by atoms with Crippen LogP contribution in [0.15, 0.2) is 54.7 Å². The summed E-state index contributed by atoms with van der Waals surface area (Å²) in [5, 5.41) is 15.1. The first kappa shape index (κ1) is 17.0. The average Bonchev–Trinajstić information content (AvgIpc) is 3.05. The molecule has 0 amide bonds. The van der Waals surface area contributed by atoms with E-state index in [1.807, 2.05) is 18.2 Å². The molecule has 0 aliphatic heterocycles. The van der Waals surface area contributed by atoms with Gasteiger partial charge in [0.05, 0.1) is 27.0 Å². The van der Waals surface area contributed by atoms with Crippen LogP contribution in [0.5, 0.6) is 0 Å². The zero-order valence-corrected chi connectivity index (χ0v) is 14.9. The van der Waals surface area contributed by atoms with Crippen LogP contribution in [0.2, 0.25) is 0 Å². The monoisotopic (exact) mass is 361 g/mol. The Kier molecular flexibility index (Phi) is 4.42. The summed E-state index contributed by atoms with van der Waals surface area (Å²) in [6.45, 7) is 3.63. The largest absolute Gasteiger partial charge is 0.383 e. The summed E-state index contributed by atoms with van der Waals surface area (Å²) in [6, 6.07) is 14.8. The molecule has 0 fully saturated rings. The average molecular weight is 361 g/mol. The number of hydrogen-bond acceptors (Lipinski definition) is 5. The third kappa shape index (κ3) is 3.08. The van der Waals surface area contributed by atoms with Crippen molar-refractivity contribution in [2.24, 2.45) is 0 Å². The van der Waals surface area contributed by atoms with Crippen LogP contribution in [-0.4, -0.2) is 26.0 Å². The summed E-state index contributed by atoms with van der Waals surface area (Å²) in [5.41, 5.74) is 3.59. The number of non-ortho nitro benzene ring substituents is 1. The van der Waals surface area contributed by atoms with E-state index in [0.29, 0.717) is 17.4 Å². The number of nitrogens with zero attached hydrogens (tertiary/aromatic N) is 4.